The molecule has 1 heterocycles. The van der Waals surface area contributed by atoms with Crippen LogP contribution >= 0.6 is 12.6 Å². The fourth-order valence-electron chi connectivity index (χ4n) is 1.74. The van der Waals surface area contributed by atoms with Crippen molar-refractivity contribution < 1.29 is 14.3 Å². The molecule has 0 radical (unpaired) electrons. The van der Waals surface area contributed by atoms with Crippen LogP contribution in [0.5, 0.6) is 5.75 Å². The lowest BCUT2D eigenvalue weighted by molar-refractivity contribution is -0.0221. The van der Waals surface area contributed by atoms with Crippen molar-refractivity contribution in [3.8, 4) is 5.75 Å². The minimum Gasteiger partial charge on any atom is -0.487 e. The highest BCUT2D eigenvalue weighted by molar-refractivity contribution is 7.80. The number of nitrogens with zero attached hydrogens (tertiary/aromatic N) is 1. The molecular weight excluding hydrogens is 262 g/mol. The van der Waals surface area contributed by atoms with Gasteiger partial charge >= 0.3 is 6.09 Å². The third-order valence-electron chi connectivity index (χ3n) is 2.62. The zero-order valence-corrected chi connectivity index (χ0v) is 12.3. The van der Waals surface area contributed by atoms with Crippen LogP contribution in [0.3, 0.4) is 0 Å². The number of hydrogen-bond acceptors (Lipinski definition) is 4. The minimum absolute atomic E-state index is 0.0302. The van der Waals surface area contributed by atoms with Crippen LogP contribution in [0.1, 0.15) is 20.8 Å². The highest BCUT2D eigenvalue weighted by atomic mass is 32.1. The summed E-state index contributed by atoms with van der Waals surface area (Å²) in [7, 11) is 0. The molecule has 5 heteroatoms. The van der Waals surface area contributed by atoms with Gasteiger partial charge in [0.15, 0.2) is 0 Å². The summed E-state index contributed by atoms with van der Waals surface area (Å²) in [6, 6.07) is 7.53. The monoisotopic (exact) mass is 281 g/mol. The van der Waals surface area contributed by atoms with E-state index < -0.39 is 5.60 Å². The largest absolute Gasteiger partial charge is 0.487 e. The summed E-state index contributed by atoms with van der Waals surface area (Å²) in [4.78, 5) is 14.2. The summed E-state index contributed by atoms with van der Waals surface area (Å²) in [5, 5.41) is 0. The molecule has 1 amide bonds. The molecule has 0 N–H and O–H groups in total. The van der Waals surface area contributed by atoms with Gasteiger partial charge < -0.3 is 14.4 Å². The molecule has 104 valence electrons. The van der Waals surface area contributed by atoms with E-state index in [4.69, 9.17) is 9.47 Å². The van der Waals surface area contributed by atoms with Crippen molar-refractivity contribution in [3.05, 3.63) is 24.3 Å². The van der Waals surface area contributed by atoms with Crippen LogP contribution in [0.15, 0.2) is 29.2 Å². The molecule has 0 bridgehead atoms. The summed E-state index contributed by atoms with van der Waals surface area (Å²) in [5.41, 5.74) is -0.455. The first-order valence-corrected chi connectivity index (χ1v) is 6.72. The lowest BCUT2D eigenvalue weighted by Gasteiger charge is -2.39. The molecule has 1 aromatic rings. The SMILES string of the molecule is CC(C)(C)OC(=O)N1CC(Oc2cccc(S)c2)C1. The van der Waals surface area contributed by atoms with Crippen molar-refractivity contribution >= 4 is 18.7 Å². The Bertz CT molecular complexity index is 464. The molecule has 2 rings (SSSR count). The summed E-state index contributed by atoms with van der Waals surface area (Å²) < 4.78 is 11.0. The lowest BCUT2D eigenvalue weighted by atomic mass is 10.1. The predicted octanol–water partition coefficient (Wildman–Crippen LogP) is 2.97. The molecule has 0 spiro atoms. The molecule has 1 aliphatic rings. The second kappa shape index (κ2) is 5.33. The van der Waals surface area contributed by atoms with Crippen LogP contribution in [0.4, 0.5) is 4.79 Å². The Balaban J connectivity index is 1.79. The maximum atomic E-state index is 11.7. The first-order valence-electron chi connectivity index (χ1n) is 6.27. The Morgan fingerprint density at radius 1 is 1.37 bits per heavy atom. The molecule has 0 aromatic heterocycles. The average molecular weight is 281 g/mol. The molecule has 0 saturated carbocycles. The summed E-state index contributed by atoms with van der Waals surface area (Å²) in [6.45, 7) is 6.70. The molecule has 1 saturated heterocycles. The van der Waals surface area contributed by atoms with E-state index in [2.05, 4.69) is 12.6 Å². The zero-order valence-electron chi connectivity index (χ0n) is 11.4. The van der Waals surface area contributed by atoms with Gasteiger partial charge in [-0.1, -0.05) is 6.07 Å². The topological polar surface area (TPSA) is 38.8 Å². The second-order valence-electron chi connectivity index (χ2n) is 5.62. The molecule has 1 fully saturated rings. The molecule has 19 heavy (non-hydrogen) atoms. The number of amides is 1. The highest BCUT2D eigenvalue weighted by Crippen LogP contribution is 2.22. The fraction of sp³-hybridized carbons (Fsp3) is 0.500. The van der Waals surface area contributed by atoms with E-state index in [0.717, 1.165) is 10.6 Å². The van der Waals surface area contributed by atoms with Gasteiger partial charge in [-0.05, 0) is 39.0 Å². The van der Waals surface area contributed by atoms with Gasteiger partial charge in [-0.2, -0.15) is 0 Å². The van der Waals surface area contributed by atoms with E-state index in [1.54, 1.807) is 4.90 Å². The standard InChI is InChI=1S/C14H19NO3S/c1-14(2,3)18-13(16)15-8-11(9-15)17-10-5-4-6-12(19)7-10/h4-7,11,19H,8-9H2,1-3H3. The van der Waals surface area contributed by atoms with Gasteiger partial charge in [-0.3, -0.25) is 0 Å². The molecule has 1 aliphatic heterocycles. The van der Waals surface area contributed by atoms with Gasteiger partial charge in [-0.25, -0.2) is 4.79 Å². The quantitative estimate of drug-likeness (QED) is 0.847. The molecule has 0 aliphatic carbocycles. The summed E-state index contributed by atoms with van der Waals surface area (Å²) >= 11 is 4.26. The van der Waals surface area contributed by atoms with Gasteiger partial charge in [0.25, 0.3) is 0 Å². The first-order chi connectivity index (χ1) is 8.83. The first kappa shape index (κ1) is 14.1. The van der Waals surface area contributed by atoms with Crippen LogP contribution in [0.25, 0.3) is 0 Å². The maximum absolute atomic E-state index is 11.7. The minimum atomic E-state index is -0.455. The smallest absolute Gasteiger partial charge is 0.410 e. The van der Waals surface area contributed by atoms with E-state index in [1.807, 2.05) is 45.0 Å². The third-order valence-corrected chi connectivity index (χ3v) is 2.90. The second-order valence-corrected chi connectivity index (χ2v) is 6.14. The number of rotatable bonds is 2. The van der Waals surface area contributed by atoms with Gasteiger partial charge in [0.1, 0.15) is 17.5 Å². The Hall–Kier alpha value is -1.36. The average Bonchev–Trinajstić information content (AvgIpc) is 2.20. The number of carbonyl (C=O) groups excluding carboxylic acids is 1. The Morgan fingerprint density at radius 2 is 2.05 bits per heavy atom. The van der Waals surface area contributed by atoms with Gasteiger partial charge in [0.2, 0.25) is 0 Å². The number of likely N-dealkylation sites (tertiary alicyclic amines) is 1. The fourth-order valence-corrected chi connectivity index (χ4v) is 1.95. The maximum Gasteiger partial charge on any atom is 0.410 e. The van der Waals surface area contributed by atoms with Crippen molar-refractivity contribution in [2.75, 3.05) is 13.1 Å². The number of carbonyl (C=O) groups is 1. The summed E-state index contributed by atoms with van der Waals surface area (Å²) in [5.74, 6) is 0.779. The van der Waals surface area contributed by atoms with E-state index in [1.165, 1.54) is 0 Å². The van der Waals surface area contributed by atoms with Crippen LogP contribution in [-0.2, 0) is 4.74 Å². The predicted molar refractivity (Wildman–Crippen MR) is 75.9 cm³/mol. The third kappa shape index (κ3) is 4.06. The molecular formula is C14H19NO3S. The normalized spacial score (nSPS) is 15.9. The molecule has 0 unspecified atom stereocenters. The van der Waals surface area contributed by atoms with E-state index >= 15 is 0 Å². The molecule has 1 aromatic carbocycles. The Kier molecular flexibility index (Phi) is 3.94. The van der Waals surface area contributed by atoms with E-state index in [0.29, 0.717) is 13.1 Å². The van der Waals surface area contributed by atoms with Gasteiger partial charge in [-0.15, -0.1) is 12.6 Å². The van der Waals surface area contributed by atoms with Crippen molar-refractivity contribution in [2.45, 2.75) is 37.4 Å². The highest BCUT2D eigenvalue weighted by Gasteiger charge is 2.35. The zero-order chi connectivity index (χ0) is 14.0. The number of ether oxygens (including phenoxy) is 2. The van der Waals surface area contributed by atoms with Crippen LogP contribution < -0.4 is 4.74 Å². The van der Waals surface area contributed by atoms with Gasteiger partial charge in [0, 0.05) is 4.90 Å². The van der Waals surface area contributed by atoms with Crippen molar-refractivity contribution in [1.82, 2.24) is 4.90 Å². The van der Waals surface area contributed by atoms with Gasteiger partial charge in [0.05, 0.1) is 13.1 Å². The number of benzene rings is 1. The van der Waals surface area contributed by atoms with E-state index in [-0.39, 0.29) is 12.2 Å². The van der Waals surface area contributed by atoms with Crippen molar-refractivity contribution in [3.63, 3.8) is 0 Å². The summed E-state index contributed by atoms with van der Waals surface area (Å²) in [6.07, 6.45) is -0.252. The Labute approximate surface area is 119 Å². The van der Waals surface area contributed by atoms with Crippen molar-refractivity contribution in [2.24, 2.45) is 0 Å². The van der Waals surface area contributed by atoms with Crippen LogP contribution in [0, 0.1) is 0 Å². The number of thiol groups is 1. The van der Waals surface area contributed by atoms with Crippen LogP contribution in [0.2, 0.25) is 0 Å². The number of hydrogen-bond donors (Lipinski definition) is 1. The Morgan fingerprint density at radius 3 is 2.63 bits per heavy atom. The van der Waals surface area contributed by atoms with E-state index in [9.17, 15) is 4.79 Å². The molecule has 0 atom stereocenters. The molecule has 4 nitrogen and oxygen atoms in total. The lowest BCUT2D eigenvalue weighted by Crippen LogP contribution is -2.57. The van der Waals surface area contributed by atoms with Crippen molar-refractivity contribution in [1.29, 1.82) is 0 Å². The van der Waals surface area contributed by atoms with Crippen LogP contribution in [-0.4, -0.2) is 35.8 Å².